The Kier molecular flexibility index (Phi) is 6.41. The fraction of sp³-hybridized carbons (Fsp3) is 0.800. The largest absolute Gasteiger partial charge is 0.314 e. The maximum Gasteiger partial charge on any atom is 0.0596 e. The lowest BCUT2D eigenvalue weighted by Gasteiger charge is -2.15. The van der Waals surface area contributed by atoms with Crippen LogP contribution >= 0.6 is 0 Å². The van der Waals surface area contributed by atoms with E-state index in [2.05, 4.69) is 55.8 Å². The molecule has 1 aromatic rings. The monoisotopic (exact) mass is 251 g/mol. The molecule has 1 rings (SSSR count). The predicted octanol–water partition coefficient (Wildman–Crippen LogP) is 3.30. The van der Waals surface area contributed by atoms with Crippen LogP contribution in [0.25, 0.3) is 0 Å². The van der Waals surface area contributed by atoms with E-state index in [-0.39, 0.29) is 0 Å². The van der Waals surface area contributed by atoms with E-state index in [1.54, 1.807) is 0 Å². The Hall–Kier alpha value is -0.830. The smallest absolute Gasteiger partial charge is 0.0596 e. The number of aromatic nitrogens is 2. The van der Waals surface area contributed by atoms with Crippen molar-refractivity contribution in [2.75, 3.05) is 6.54 Å². The Balaban J connectivity index is 2.13. The van der Waals surface area contributed by atoms with E-state index < -0.39 is 0 Å². The molecule has 0 aliphatic rings. The molecule has 18 heavy (non-hydrogen) atoms. The highest BCUT2D eigenvalue weighted by molar-refractivity contribution is 5.06. The molecule has 104 valence electrons. The zero-order valence-corrected chi connectivity index (χ0v) is 12.7. The Morgan fingerprint density at radius 3 is 2.50 bits per heavy atom. The normalized spacial score (nSPS) is 13.2. The van der Waals surface area contributed by atoms with Gasteiger partial charge in [0.25, 0.3) is 0 Å². The minimum Gasteiger partial charge on any atom is -0.314 e. The van der Waals surface area contributed by atoms with Crippen molar-refractivity contribution >= 4 is 0 Å². The minimum atomic E-state index is 0.632. The van der Waals surface area contributed by atoms with Crippen molar-refractivity contribution in [3.63, 3.8) is 0 Å². The van der Waals surface area contributed by atoms with E-state index in [4.69, 9.17) is 0 Å². The first kappa shape index (κ1) is 15.2. The lowest BCUT2D eigenvalue weighted by atomic mass is 10.0. The second kappa shape index (κ2) is 7.57. The summed E-state index contributed by atoms with van der Waals surface area (Å²) in [6.45, 7) is 13.1. The zero-order valence-electron chi connectivity index (χ0n) is 12.7. The lowest BCUT2D eigenvalue weighted by molar-refractivity contribution is 0.436. The van der Waals surface area contributed by atoms with Gasteiger partial charge in [0.1, 0.15) is 0 Å². The molecular weight excluding hydrogens is 222 g/mol. The van der Waals surface area contributed by atoms with Crippen molar-refractivity contribution in [3.8, 4) is 0 Å². The lowest BCUT2D eigenvalue weighted by Crippen LogP contribution is -2.28. The third kappa shape index (κ3) is 5.67. The summed E-state index contributed by atoms with van der Waals surface area (Å²) in [4.78, 5) is 0. The van der Waals surface area contributed by atoms with Crippen LogP contribution in [0.1, 0.15) is 51.4 Å². The average Bonchev–Trinajstić information content (AvgIpc) is 2.60. The minimum absolute atomic E-state index is 0.632. The average molecular weight is 251 g/mol. The molecule has 3 heteroatoms. The van der Waals surface area contributed by atoms with Gasteiger partial charge in [0.05, 0.1) is 5.69 Å². The summed E-state index contributed by atoms with van der Waals surface area (Å²) < 4.78 is 2.11. The molecule has 1 unspecified atom stereocenters. The van der Waals surface area contributed by atoms with Gasteiger partial charge in [-0.2, -0.15) is 5.10 Å². The number of hydrogen-bond donors (Lipinski definition) is 1. The molecule has 1 N–H and O–H groups in total. The van der Waals surface area contributed by atoms with E-state index in [1.807, 2.05) is 0 Å². The predicted molar refractivity (Wildman–Crippen MR) is 77.9 cm³/mol. The number of hydrogen-bond acceptors (Lipinski definition) is 2. The van der Waals surface area contributed by atoms with Gasteiger partial charge < -0.3 is 5.32 Å². The molecule has 0 aliphatic carbocycles. The van der Waals surface area contributed by atoms with Gasteiger partial charge in [0.15, 0.2) is 0 Å². The van der Waals surface area contributed by atoms with Gasteiger partial charge in [0.2, 0.25) is 0 Å². The van der Waals surface area contributed by atoms with Crippen LogP contribution in [0.5, 0.6) is 0 Å². The highest BCUT2D eigenvalue weighted by Gasteiger charge is 2.03. The van der Waals surface area contributed by atoms with Crippen molar-refractivity contribution in [3.05, 3.63) is 17.5 Å². The highest BCUT2D eigenvalue weighted by atomic mass is 15.3. The summed E-state index contributed by atoms with van der Waals surface area (Å²) in [7, 11) is 0. The zero-order chi connectivity index (χ0) is 13.5. The second-order valence-corrected chi connectivity index (χ2v) is 5.83. The molecule has 1 heterocycles. The molecule has 0 saturated carbocycles. The number of nitrogens with one attached hydrogen (secondary N) is 1. The quantitative estimate of drug-likeness (QED) is 0.718. The van der Waals surface area contributed by atoms with Crippen LogP contribution in [0, 0.1) is 19.8 Å². The van der Waals surface area contributed by atoms with Gasteiger partial charge in [-0.05, 0) is 58.6 Å². The molecule has 0 radical (unpaired) electrons. The molecule has 0 saturated heterocycles. The summed E-state index contributed by atoms with van der Waals surface area (Å²) in [6.07, 6.45) is 3.73. The fourth-order valence-corrected chi connectivity index (χ4v) is 2.16. The van der Waals surface area contributed by atoms with Crippen LogP contribution in [0.4, 0.5) is 0 Å². The summed E-state index contributed by atoms with van der Waals surface area (Å²) >= 11 is 0. The molecule has 0 spiro atoms. The first-order chi connectivity index (χ1) is 8.49. The molecule has 0 aliphatic heterocycles. The second-order valence-electron chi connectivity index (χ2n) is 5.83. The van der Waals surface area contributed by atoms with Crippen LogP contribution in [-0.4, -0.2) is 22.4 Å². The summed E-state index contributed by atoms with van der Waals surface area (Å²) in [5.41, 5.74) is 2.38. The maximum atomic E-state index is 4.48. The molecule has 1 atom stereocenters. The summed E-state index contributed by atoms with van der Waals surface area (Å²) in [6, 6.07) is 2.77. The molecule has 1 aromatic heterocycles. The van der Waals surface area contributed by atoms with Crippen LogP contribution in [-0.2, 0) is 6.54 Å². The maximum absolute atomic E-state index is 4.48. The standard InChI is InChI=1S/C15H29N3/c1-12(2)7-8-13(3)16-9-6-10-18-15(5)11-14(4)17-18/h11-13,16H,6-10H2,1-5H3. The van der Waals surface area contributed by atoms with Gasteiger partial charge in [-0.25, -0.2) is 0 Å². The number of nitrogens with zero attached hydrogens (tertiary/aromatic N) is 2. The highest BCUT2D eigenvalue weighted by Crippen LogP contribution is 2.06. The summed E-state index contributed by atoms with van der Waals surface area (Å²) in [5.74, 6) is 0.809. The molecule has 0 aromatic carbocycles. The van der Waals surface area contributed by atoms with Crippen LogP contribution < -0.4 is 5.32 Å². The van der Waals surface area contributed by atoms with Crippen LogP contribution in [0.3, 0.4) is 0 Å². The van der Waals surface area contributed by atoms with Crippen molar-refractivity contribution in [2.24, 2.45) is 5.92 Å². The van der Waals surface area contributed by atoms with Crippen molar-refractivity contribution < 1.29 is 0 Å². The van der Waals surface area contributed by atoms with Crippen LogP contribution in [0.15, 0.2) is 6.07 Å². The third-order valence-corrected chi connectivity index (χ3v) is 3.32. The van der Waals surface area contributed by atoms with E-state index in [0.29, 0.717) is 6.04 Å². The first-order valence-corrected chi connectivity index (χ1v) is 7.23. The van der Waals surface area contributed by atoms with Gasteiger partial charge in [-0.1, -0.05) is 13.8 Å². The van der Waals surface area contributed by atoms with Gasteiger partial charge >= 0.3 is 0 Å². The first-order valence-electron chi connectivity index (χ1n) is 7.23. The number of rotatable bonds is 8. The Morgan fingerprint density at radius 1 is 1.22 bits per heavy atom. The van der Waals surface area contributed by atoms with E-state index in [1.165, 1.54) is 18.5 Å². The molecule has 0 fully saturated rings. The molecular formula is C15H29N3. The molecule has 0 amide bonds. The fourth-order valence-electron chi connectivity index (χ4n) is 2.16. The van der Waals surface area contributed by atoms with Gasteiger partial charge in [-0.3, -0.25) is 4.68 Å². The Bertz CT molecular complexity index is 342. The van der Waals surface area contributed by atoms with E-state index in [0.717, 1.165) is 31.1 Å². The van der Waals surface area contributed by atoms with Gasteiger partial charge in [0, 0.05) is 18.3 Å². The van der Waals surface area contributed by atoms with Crippen molar-refractivity contribution in [1.82, 2.24) is 15.1 Å². The van der Waals surface area contributed by atoms with Crippen LogP contribution in [0.2, 0.25) is 0 Å². The van der Waals surface area contributed by atoms with Crippen molar-refractivity contribution in [2.45, 2.75) is 66.5 Å². The molecule has 3 nitrogen and oxygen atoms in total. The number of aryl methyl sites for hydroxylation is 3. The Morgan fingerprint density at radius 2 is 1.94 bits per heavy atom. The summed E-state index contributed by atoms with van der Waals surface area (Å²) in [5, 5.41) is 8.07. The van der Waals surface area contributed by atoms with Gasteiger partial charge in [-0.15, -0.1) is 0 Å². The van der Waals surface area contributed by atoms with E-state index in [9.17, 15) is 0 Å². The SMILES string of the molecule is Cc1cc(C)n(CCCNC(C)CCC(C)C)n1. The van der Waals surface area contributed by atoms with Crippen molar-refractivity contribution in [1.29, 1.82) is 0 Å². The molecule has 0 bridgehead atoms. The topological polar surface area (TPSA) is 29.9 Å². The third-order valence-electron chi connectivity index (χ3n) is 3.32. The van der Waals surface area contributed by atoms with E-state index >= 15 is 0 Å². The Labute approximate surface area is 112 Å².